The summed E-state index contributed by atoms with van der Waals surface area (Å²) in [4.78, 5) is 0. The number of aliphatic hydroxyl groups excluding tert-OH is 2. The molecule has 0 heterocycles. The smallest absolute Gasteiger partial charge is 0.0713 e. The maximum absolute atomic E-state index is 8.70. The maximum atomic E-state index is 8.70. The van der Waals surface area contributed by atoms with E-state index in [1.165, 1.54) is 0 Å². The van der Waals surface area contributed by atoms with Crippen molar-refractivity contribution in [3.8, 4) is 0 Å². The lowest BCUT2D eigenvalue weighted by atomic mass is 10.1. The van der Waals surface area contributed by atoms with Gasteiger partial charge in [-0.1, -0.05) is 0 Å². The topological polar surface area (TPSA) is 95.9 Å². The van der Waals surface area contributed by atoms with Crippen molar-refractivity contribution in [3.63, 3.8) is 0 Å². The van der Waals surface area contributed by atoms with Crippen LogP contribution in [-0.4, -0.2) is 53.9 Å². The second-order valence-corrected chi connectivity index (χ2v) is 3.08. The molecule has 82 valence electrons. The molecule has 0 aromatic heterocycles. The lowest BCUT2D eigenvalue weighted by Crippen LogP contribution is -2.29. The molecular weight excluding hydrogens is 174 g/mol. The molecule has 0 aliphatic heterocycles. The summed E-state index contributed by atoms with van der Waals surface area (Å²) in [6.07, 6.45) is 0. The van der Waals surface area contributed by atoms with Gasteiger partial charge >= 0.3 is 0 Å². The summed E-state index contributed by atoms with van der Waals surface area (Å²) in [6, 6.07) is 0. The van der Waals surface area contributed by atoms with Crippen molar-refractivity contribution < 1.29 is 20.1 Å². The lowest BCUT2D eigenvalue weighted by molar-refractivity contribution is 0.0650. The zero-order chi connectivity index (χ0) is 10.7. The number of ether oxygens (including phenoxy) is 1. The molecule has 0 unspecified atom stereocenters. The summed E-state index contributed by atoms with van der Waals surface area (Å²) in [6.45, 7) is 4.37. The van der Waals surface area contributed by atoms with Crippen LogP contribution in [0.3, 0.4) is 0 Å². The van der Waals surface area contributed by atoms with E-state index < -0.39 is 5.60 Å². The van der Waals surface area contributed by atoms with E-state index in [2.05, 4.69) is 4.74 Å². The highest BCUT2D eigenvalue weighted by molar-refractivity contribution is 4.63. The van der Waals surface area contributed by atoms with Gasteiger partial charge in [-0.3, -0.25) is 0 Å². The van der Waals surface area contributed by atoms with Gasteiger partial charge in [-0.25, -0.2) is 0 Å². The van der Waals surface area contributed by atoms with Crippen LogP contribution >= 0.6 is 0 Å². The minimum Gasteiger partial charge on any atom is -0.394 e. The van der Waals surface area contributed by atoms with Gasteiger partial charge in [-0.2, -0.15) is 0 Å². The van der Waals surface area contributed by atoms with E-state index in [0.717, 1.165) is 0 Å². The Morgan fingerprint density at radius 3 is 1.62 bits per heavy atom. The van der Waals surface area contributed by atoms with Crippen LogP contribution in [0.5, 0.6) is 0 Å². The average molecular weight is 195 g/mol. The Kier molecular flexibility index (Phi) is 11.6. The SMILES string of the molecule is CC(C)(O)CN.OCCOCCO. The van der Waals surface area contributed by atoms with E-state index in [-0.39, 0.29) is 13.2 Å². The first-order chi connectivity index (χ1) is 5.97. The molecule has 5 N–H and O–H groups in total. The average Bonchev–Trinajstić information content (AvgIpc) is 2.06. The molecule has 0 spiro atoms. The third-order valence-corrected chi connectivity index (χ3v) is 0.971. The normalized spacial score (nSPS) is 10.6. The van der Waals surface area contributed by atoms with E-state index in [1.54, 1.807) is 13.8 Å². The van der Waals surface area contributed by atoms with Crippen LogP contribution in [0.25, 0.3) is 0 Å². The monoisotopic (exact) mass is 195 g/mol. The van der Waals surface area contributed by atoms with Gasteiger partial charge in [0.05, 0.1) is 32.0 Å². The molecule has 0 aromatic carbocycles. The van der Waals surface area contributed by atoms with Crippen molar-refractivity contribution in [3.05, 3.63) is 0 Å². The van der Waals surface area contributed by atoms with Gasteiger partial charge in [0.15, 0.2) is 0 Å². The molecule has 0 aliphatic rings. The standard InChI is InChI=1S/C4H11NO.C4H10O3/c1-4(2,6)3-5;5-1-3-7-4-2-6/h6H,3,5H2,1-2H3;5-6H,1-4H2. The molecule has 5 heteroatoms. The lowest BCUT2D eigenvalue weighted by Gasteiger charge is -2.11. The first kappa shape index (κ1) is 15.3. The number of hydrogen-bond donors (Lipinski definition) is 4. The molecular formula is C8H21NO4. The van der Waals surface area contributed by atoms with Crippen LogP contribution in [0.2, 0.25) is 0 Å². The fraction of sp³-hybridized carbons (Fsp3) is 1.00. The van der Waals surface area contributed by atoms with Crippen LogP contribution < -0.4 is 5.73 Å². The summed E-state index contributed by atoms with van der Waals surface area (Å²) in [5, 5.41) is 24.9. The largest absolute Gasteiger partial charge is 0.394 e. The predicted octanol–water partition coefficient (Wildman–Crippen LogP) is -1.30. The van der Waals surface area contributed by atoms with Gasteiger partial charge in [0.2, 0.25) is 0 Å². The first-order valence-electron chi connectivity index (χ1n) is 4.20. The van der Waals surface area contributed by atoms with Crippen molar-refractivity contribution >= 4 is 0 Å². The Morgan fingerprint density at radius 2 is 1.46 bits per heavy atom. The van der Waals surface area contributed by atoms with E-state index in [1.807, 2.05) is 0 Å². The zero-order valence-electron chi connectivity index (χ0n) is 8.36. The molecule has 0 atom stereocenters. The Hall–Kier alpha value is -0.200. The van der Waals surface area contributed by atoms with Crippen molar-refractivity contribution in [1.29, 1.82) is 0 Å². The second kappa shape index (κ2) is 9.88. The predicted molar refractivity (Wildman–Crippen MR) is 50.3 cm³/mol. The molecule has 0 aliphatic carbocycles. The fourth-order valence-electron chi connectivity index (χ4n) is 0.231. The molecule has 0 aromatic rings. The molecule has 0 fully saturated rings. The summed E-state index contributed by atoms with van der Waals surface area (Å²) in [7, 11) is 0. The van der Waals surface area contributed by atoms with Crippen LogP contribution in [0.1, 0.15) is 13.8 Å². The van der Waals surface area contributed by atoms with Crippen LogP contribution in [-0.2, 0) is 4.74 Å². The molecule has 0 radical (unpaired) electrons. The summed E-state index contributed by atoms with van der Waals surface area (Å²) in [5.41, 5.74) is 4.38. The highest BCUT2D eigenvalue weighted by Gasteiger charge is 2.06. The fourth-order valence-corrected chi connectivity index (χ4v) is 0.231. The molecule has 5 nitrogen and oxygen atoms in total. The molecule has 0 saturated heterocycles. The molecule has 13 heavy (non-hydrogen) atoms. The van der Waals surface area contributed by atoms with Crippen LogP contribution in [0, 0.1) is 0 Å². The van der Waals surface area contributed by atoms with Gasteiger partial charge in [-0.15, -0.1) is 0 Å². The van der Waals surface area contributed by atoms with Crippen molar-refractivity contribution in [2.45, 2.75) is 19.4 Å². The summed E-state index contributed by atoms with van der Waals surface area (Å²) in [5.74, 6) is 0. The summed E-state index contributed by atoms with van der Waals surface area (Å²) >= 11 is 0. The van der Waals surface area contributed by atoms with Gasteiger partial charge in [0.1, 0.15) is 0 Å². The molecule has 0 bridgehead atoms. The molecule has 0 amide bonds. The third kappa shape index (κ3) is 24.5. The number of aliphatic hydroxyl groups is 3. The third-order valence-electron chi connectivity index (χ3n) is 0.971. The van der Waals surface area contributed by atoms with E-state index in [0.29, 0.717) is 19.8 Å². The highest BCUT2D eigenvalue weighted by atomic mass is 16.5. The second-order valence-electron chi connectivity index (χ2n) is 3.08. The Morgan fingerprint density at radius 1 is 1.15 bits per heavy atom. The van der Waals surface area contributed by atoms with Crippen LogP contribution in [0.15, 0.2) is 0 Å². The minimum absolute atomic E-state index is 0.0278. The Labute approximate surface area is 79.1 Å². The van der Waals surface area contributed by atoms with Crippen molar-refractivity contribution in [2.24, 2.45) is 5.73 Å². The van der Waals surface area contributed by atoms with Gasteiger partial charge in [0.25, 0.3) is 0 Å². The van der Waals surface area contributed by atoms with Crippen molar-refractivity contribution in [1.82, 2.24) is 0 Å². The van der Waals surface area contributed by atoms with Gasteiger partial charge in [0, 0.05) is 6.54 Å². The highest BCUT2D eigenvalue weighted by Crippen LogP contribution is 1.93. The number of nitrogens with two attached hydrogens (primary N) is 1. The Bertz CT molecular complexity index is 88.6. The van der Waals surface area contributed by atoms with Crippen molar-refractivity contribution in [2.75, 3.05) is 33.0 Å². The number of rotatable bonds is 5. The van der Waals surface area contributed by atoms with E-state index in [9.17, 15) is 0 Å². The van der Waals surface area contributed by atoms with Gasteiger partial charge in [-0.05, 0) is 13.8 Å². The van der Waals surface area contributed by atoms with Gasteiger partial charge < -0.3 is 25.8 Å². The molecule has 0 saturated carbocycles. The molecule has 0 rings (SSSR count). The van der Waals surface area contributed by atoms with Crippen LogP contribution in [0.4, 0.5) is 0 Å². The van der Waals surface area contributed by atoms with E-state index >= 15 is 0 Å². The quantitative estimate of drug-likeness (QED) is 0.409. The zero-order valence-corrected chi connectivity index (χ0v) is 8.36. The Balaban J connectivity index is 0. The summed E-state index contributed by atoms with van der Waals surface area (Å²) < 4.78 is 4.63. The minimum atomic E-state index is -0.681. The van der Waals surface area contributed by atoms with E-state index in [4.69, 9.17) is 21.1 Å². The maximum Gasteiger partial charge on any atom is 0.0713 e. The first-order valence-corrected chi connectivity index (χ1v) is 4.20. The number of hydrogen-bond acceptors (Lipinski definition) is 5.